The third-order valence-electron chi connectivity index (χ3n) is 9.16. The van der Waals surface area contributed by atoms with Crippen molar-refractivity contribution in [3.05, 3.63) is 0 Å². The molecule has 0 aromatic rings. The highest BCUT2D eigenvalue weighted by atomic mass is 31.2. The van der Waals surface area contributed by atoms with Gasteiger partial charge < -0.3 is 44.4 Å². The second kappa shape index (κ2) is 29.6. The van der Waals surface area contributed by atoms with Gasteiger partial charge in [0.2, 0.25) is 11.8 Å². The zero-order chi connectivity index (χ0) is 51.9. The summed E-state index contributed by atoms with van der Waals surface area (Å²) in [5.41, 5.74) is 1.17. The van der Waals surface area contributed by atoms with Gasteiger partial charge in [-0.3, -0.25) is 33.3 Å². The zero-order valence-electron chi connectivity index (χ0n) is 43.9. The maximum Gasteiger partial charge on any atom is 0.332 e. The average molecular weight is 976 g/mol. The Morgan fingerprint density at radius 1 is 0.522 bits per heavy atom. The minimum absolute atomic E-state index is 0.00321. The molecule has 0 aromatic heterocycles. The van der Waals surface area contributed by atoms with E-state index in [0.717, 1.165) is 19.3 Å². The molecule has 0 saturated heterocycles. The number of ketones is 1. The van der Waals surface area contributed by atoms with Crippen LogP contribution >= 0.6 is 7.60 Å². The molecule has 18 heteroatoms. The van der Waals surface area contributed by atoms with Crippen LogP contribution in [-0.4, -0.2) is 101 Å². The monoisotopic (exact) mass is 976 g/mol. The van der Waals surface area contributed by atoms with E-state index in [1.807, 2.05) is 0 Å². The van der Waals surface area contributed by atoms with E-state index in [4.69, 9.17) is 33.7 Å². The van der Waals surface area contributed by atoms with Crippen molar-refractivity contribution in [3.8, 4) is 0 Å². The Morgan fingerprint density at radius 2 is 1.03 bits per heavy atom. The molecule has 0 rings (SSSR count). The highest BCUT2D eigenvalue weighted by molar-refractivity contribution is 7.53. The lowest BCUT2D eigenvalue weighted by Crippen LogP contribution is -2.44. The Balaban J connectivity index is 5.90. The van der Waals surface area contributed by atoms with Gasteiger partial charge in [0.25, 0.3) is 0 Å². The number of unbranched alkanes of at least 4 members (excludes halogenated alkanes) is 4. The van der Waals surface area contributed by atoms with Crippen molar-refractivity contribution < 1.29 is 66.1 Å². The van der Waals surface area contributed by atoms with Crippen molar-refractivity contribution in [2.45, 2.75) is 234 Å². The summed E-state index contributed by atoms with van der Waals surface area (Å²) >= 11 is 0. The SMILES string of the molecule is CC(C)(C)OC(=O)CC[C@H](CP(=O)(OCCC[C@H](NC(=O)CC[C@H](CC(=O)CCCCCNC(=O)CCCCCN)C(=O)OC(C)(C)C)C(=O)OC(C)(C)C)OC(C)(C)C)C(=O)OC(C)(C)C. The van der Waals surface area contributed by atoms with Crippen molar-refractivity contribution in [1.29, 1.82) is 0 Å². The van der Waals surface area contributed by atoms with Crippen LogP contribution in [0.2, 0.25) is 0 Å². The summed E-state index contributed by atoms with van der Waals surface area (Å²) in [6, 6.07) is -1.16. The van der Waals surface area contributed by atoms with Crippen LogP contribution in [0.15, 0.2) is 0 Å². The standard InChI is InChI=1S/C49H90N3O14P/c1-45(2,3)62-41(56)29-27-36(43(58)64-47(7,8)9)34-67(60,66-49(13,14)15)61-32-22-24-38(44(59)65-48(10,11)12)52-40(55)28-26-35(42(57)63-46(4,5)6)33-37(53)23-18-17-21-31-51-39(54)25-19-16-20-30-50/h35-36,38H,16-34,50H2,1-15H3,(H,51,54)(H,52,55)/t35-,36-,38+,67?/m1/s1. The van der Waals surface area contributed by atoms with Crippen LogP contribution in [0.1, 0.15) is 200 Å². The number of amides is 2. The average Bonchev–Trinajstić information content (AvgIpc) is 3.12. The molecule has 17 nitrogen and oxygen atoms in total. The predicted octanol–water partition coefficient (Wildman–Crippen LogP) is 8.59. The molecule has 0 radical (unpaired) electrons. The number of carbonyl (C=O) groups excluding carboxylic acids is 7. The fourth-order valence-corrected chi connectivity index (χ4v) is 8.80. The molecule has 0 spiro atoms. The number of nitrogens with one attached hydrogen (secondary N) is 2. The van der Waals surface area contributed by atoms with Crippen molar-refractivity contribution in [2.75, 3.05) is 25.9 Å². The third kappa shape index (κ3) is 35.4. The van der Waals surface area contributed by atoms with Crippen molar-refractivity contribution in [3.63, 3.8) is 0 Å². The summed E-state index contributed by atoms with van der Waals surface area (Å²) in [4.78, 5) is 91.4. The third-order valence-corrected chi connectivity index (χ3v) is 11.5. The second-order valence-corrected chi connectivity index (χ2v) is 24.3. The van der Waals surface area contributed by atoms with Gasteiger partial charge in [-0.2, -0.15) is 0 Å². The number of carbonyl (C=O) groups is 7. The molecule has 4 atom stereocenters. The van der Waals surface area contributed by atoms with Gasteiger partial charge >= 0.3 is 31.5 Å². The van der Waals surface area contributed by atoms with Crippen LogP contribution in [0.25, 0.3) is 0 Å². The first-order chi connectivity index (χ1) is 30.5. The molecule has 0 bridgehead atoms. The number of esters is 4. The number of hydrogen-bond donors (Lipinski definition) is 3. The highest BCUT2D eigenvalue weighted by Gasteiger charge is 2.39. The van der Waals surface area contributed by atoms with Gasteiger partial charge in [-0.15, -0.1) is 0 Å². The summed E-state index contributed by atoms with van der Waals surface area (Å²) in [6.45, 7) is 26.4. The van der Waals surface area contributed by atoms with Crippen LogP contribution in [0.4, 0.5) is 0 Å². The summed E-state index contributed by atoms with van der Waals surface area (Å²) < 4.78 is 48.7. The molecule has 0 aromatic carbocycles. The number of ether oxygens (including phenoxy) is 4. The Morgan fingerprint density at radius 3 is 1.57 bits per heavy atom. The number of hydrogen-bond acceptors (Lipinski definition) is 15. The molecule has 390 valence electrons. The molecule has 2 amide bonds. The van der Waals surface area contributed by atoms with E-state index in [2.05, 4.69) is 10.6 Å². The zero-order valence-corrected chi connectivity index (χ0v) is 44.8. The second-order valence-electron chi connectivity index (χ2n) is 22.3. The number of rotatable bonds is 31. The van der Waals surface area contributed by atoms with Gasteiger partial charge in [-0.25, -0.2) is 4.79 Å². The van der Waals surface area contributed by atoms with E-state index >= 15 is 0 Å². The van der Waals surface area contributed by atoms with E-state index in [1.54, 1.807) is 104 Å². The van der Waals surface area contributed by atoms with Gasteiger partial charge in [-0.1, -0.05) is 12.8 Å². The molecule has 0 fully saturated rings. The molecule has 1 unspecified atom stereocenters. The van der Waals surface area contributed by atoms with Gasteiger partial charge in [-0.05, 0) is 162 Å². The fraction of sp³-hybridized carbons (Fsp3) is 0.857. The van der Waals surface area contributed by atoms with E-state index in [0.29, 0.717) is 38.8 Å². The Kier molecular flexibility index (Phi) is 28.1. The smallest absolute Gasteiger partial charge is 0.332 e. The Labute approximate surface area is 402 Å². The molecule has 67 heavy (non-hydrogen) atoms. The van der Waals surface area contributed by atoms with E-state index in [1.165, 1.54) is 0 Å². The molecular formula is C49H90N3O14P. The normalized spacial score (nSPS) is 14.7. The van der Waals surface area contributed by atoms with Gasteiger partial charge in [0.05, 0.1) is 30.2 Å². The lowest BCUT2D eigenvalue weighted by Gasteiger charge is -2.30. The molecule has 0 aliphatic rings. The first-order valence-corrected chi connectivity index (χ1v) is 25.9. The predicted molar refractivity (Wildman–Crippen MR) is 258 cm³/mol. The summed E-state index contributed by atoms with van der Waals surface area (Å²) in [5, 5.41) is 5.61. The number of nitrogens with two attached hydrogens (primary N) is 1. The maximum absolute atomic E-state index is 14.5. The van der Waals surface area contributed by atoms with Crippen LogP contribution in [0, 0.1) is 11.8 Å². The van der Waals surface area contributed by atoms with Crippen LogP contribution in [-0.2, 0) is 66.1 Å². The summed E-state index contributed by atoms with van der Waals surface area (Å²) in [6.07, 6.45) is 4.42. The van der Waals surface area contributed by atoms with Crippen molar-refractivity contribution in [1.82, 2.24) is 10.6 Å². The largest absolute Gasteiger partial charge is 0.460 e. The summed E-state index contributed by atoms with van der Waals surface area (Å²) in [5.74, 6) is -5.23. The topological polar surface area (TPSA) is 242 Å². The Hall–Kier alpha value is -3.40. The molecular weight excluding hydrogens is 886 g/mol. The van der Waals surface area contributed by atoms with E-state index in [9.17, 15) is 38.1 Å². The lowest BCUT2D eigenvalue weighted by atomic mass is 9.94. The van der Waals surface area contributed by atoms with E-state index < -0.39 is 89.4 Å². The minimum Gasteiger partial charge on any atom is -0.460 e. The quantitative estimate of drug-likeness (QED) is 0.0255. The fourth-order valence-electron chi connectivity index (χ4n) is 6.45. The number of Topliss-reactive ketones (excluding diaryl/α,β-unsaturated/α-hetero) is 1. The van der Waals surface area contributed by atoms with Crippen molar-refractivity contribution >= 4 is 49.1 Å². The first-order valence-electron chi connectivity index (χ1n) is 24.1. The first kappa shape index (κ1) is 63.6. The minimum atomic E-state index is -4.09. The van der Waals surface area contributed by atoms with Crippen LogP contribution in [0.5, 0.6) is 0 Å². The van der Waals surface area contributed by atoms with Gasteiger partial charge in [0.1, 0.15) is 34.2 Å². The molecule has 0 aliphatic carbocycles. The molecule has 4 N–H and O–H groups in total. The van der Waals surface area contributed by atoms with E-state index in [-0.39, 0.29) is 69.7 Å². The molecule has 0 heterocycles. The Bertz CT molecular complexity index is 1620. The molecule has 0 saturated carbocycles. The highest BCUT2D eigenvalue weighted by Crippen LogP contribution is 2.54. The van der Waals surface area contributed by atoms with Crippen LogP contribution < -0.4 is 16.4 Å². The lowest BCUT2D eigenvalue weighted by molar-refractivity contribution is -0.162. The van der Waals surface area contributed by atoms with Gasteiger partial charge in [0, 0.05) is 38.6 Å². The molecule has 0 aliphatic heterocycles. The maximum atomic E-state index is 14.5. The summed E-state index contributed by atoms with van der Waals surface area (Å²) in [7, 11) is -4.09. The van der Waals surface area contributed by atoms with Crippen LogP contribution in [0.3, 0.4) is 0 Å². The van der Waals surface area contributed by atoms with Crippen molar-refractivity contribution in [2.24, 2.45) is 17.6 Å². The van der Waals surface area contributed by atoms with Gasteiger partial charge in [0.15, 0.2) is 0 Å².